The SMILES string of the molecule is Cc1cc([N+](=O)[O-])ccc1C(=O)NC(C)(CN)C1CC1.Cl. The van der Waals surface area contributed by atoms with Crippen molar-refractivity contribution in [2.24, 2.45) is 11.7 Å². The van der Waals surface area contributed by atoms with Gasteiger partial charge in [-0.1, -0.05) is 0 Å². The van der Waals surface area contributed by atoms with Crippen molar-refractivity contribution in [2.45, 2.75) is 32.2 Å². The molecule has 116 valence electrons. The number of carbonyl (C=O) groups is 1. The first-order valence-corrected chi connectivity index (χ1v) is 6.65. The minimum Gasteiger partial charge on any atom is -0.345 e. The van der Waals surface area contributed by atoms with Gasteiger partial charge in [0.05, 0.1) is 10.5 Å². The lowest BCUT2D eigenvalue weighted by molar-refractivity contribution is -0.384. The highest BCUT2D eigenvalue weighted by Crippen LogP contribution is 2.39. The van der Waals surface area contributed by atoms with Gasteiger partial charge in [-0.25, -0.2) is 0 Å². The number of hydrogen-bond donors (Lipinski definition) is 2. The molecule has 7 heteroatoms. The first kappa shape index (κ1) is 17.4. The number of nitrogens with two attached hydrogens (primary N) is 1. The molecule has 6 nitrogen and oxygen atoms in total. The molecule has 0 spiro atoms. The molecular weight excluding hydrogens is 294 g/mol. The molecule has 0 radical (unpaired) electrons. The monoisotopic (exact) mass is 313 g/mol. The van der Waals surface area contributed by atoms with Crippen LogP contribution in [0, 0.1) is 23.0 Å². The van der Waals surface area contributed by atoms with Crippen molar-refractivity contribution in [1.29, 1.82) is 0 Å². The molecule has 1 unspecified atom stereocenters. The number of benzene rings is 1. The number of nitro benzene ring substituents is 1. The van der Waals surface area contributed by atoms with E-state index in [0.717, 1.165) is 12.8 Å². The molecule has 0 aromatic heterocycles. The average molecular weight is 314 g/mol. The molecule has 0 saturated heterocycles. The van der Waals surface area contributed by atoms with Gasteiger partial charge in [-0.3, -0.25) is 14.9 Å². The van der Waals surface area contributed by atoms with E-state index >= 15 is 0 Å². The minimum absolute atomic E-state index is 0. The topological polar surface area (TPSA) is 98.3 Å². The van der Waals surface area contributed by atoms with Crippen LogP contribution in [0.15, 0.2) is 18.2 Å². The summed E-state index contributed by atoms with van der Waals surface area (Å²) in [5.41, 5.74) is 6.41. The standard InChI is InChI=1S/C14H19N3O3.ClH/c1-9-7-11(17(19)20)5-6-12(9)13(18)16-14(2,8-15)10-3-4-10;/h5-7,10H,3-4,8,15H2,1-2H3,(H,16,18);1H. The van der Waals surface area contributed by atoms with Gasteiger partial charge in [-0.15, -0.1) is 12.4 Å². The van der Waals surface area contributed by atoms with Crippen LogP contribution in [0.3, 0.4) is 0 Å². The van der Waals surface area contributed by atoms with Crippen LogP contribution in [0.1, 0.15) is 35.7 Å². The summed E-state index contributed by atoms with van der Waals surface area (Å²) in [5, 5.41) is 13.7. The number of amides is 1. The van der Waals surface area contributed by atoms with Crippen LogP contribution in [0.5, 0.6) is 0 Å². The van der Waals surface area contributed by atoms with Crippen LogP contribution in [-0.2, 0) is 0 Å². The van der Waals surface area contributed by atoms with Crippen LogP contribution in [0.2, 0.25) is 0 Å². The fourth-order valence-corrected chi connectivity index (χ4v) is 2.38. The molecule has 1 saturated carbocycles. The van der Waals surface area contributed by atoms with E-state index in [9.17, 15) is 14.9 Å². The third kappa shape index (κ3) is 3.71. The molecule has 1 amide bonds. The van der Waals surface area contributed by atoms with Gasteiger partial charge in [0.25, 0.3) is 11.6 Å². The Morgan fingerprint density at radius 1 is 1.52 bits per heavy atom. The molecule has 0 bridgehead atoms. The fraction of sp³-hybridized carbons (Fsp3) is 0.500. The lowest BCUT2D eigenvalue weighted by Gasteiger charge is -2.29. The molecule has 0 aliphatic heterocycles. The average Bonchev–Trinajstić information content (AvgIpc) is 3.22. The highest BCUT2D eigenvalue weighted by atomic mass is 35.5. The largest absolute Gasteiger partial charge is 0.345 e. The van der Waals surface area contributed by atoms with E-state index in [1.165, 1.54) is 18.2 Å². The normalized spacial score (nSPS) is 16.5. The van der Waals surface area contributed by atoms with Crippen molar-refractivity contribution in [3.8, 4) is 0 Å². The summed E-state index contributed by atoms with van der Waals surface area (Å²) in [6.07, 6.45) is 2.15. The second kappa shape index (κ2) is 6.41. The van der Waals surface area contributed by atoms with Crippen LogP contribution < -0.4 is 11.1 Å². The van der Waals surface area contributed by atoms with E-state index < -0.39 is 10.5 Å². The van der Waals surface area contributed by atoms with Crippen molar-refractivity contribution in [3.05, 3.63) is 39.4 Å². The third-order valence-corrected chi connectivity index (χ3v) is 3.97. The Kier molecular flexibility index (Phi) is 5.31. The number of nitrogens with zero attached hydrogens (tertiary/aromatic N) is 1. The van der Waals surface area contributed by atoms with Gasteiger partial charge in [0.15, 0.2) is 0 Å². The smallest absolute Gasteiger partial charge is 0.269 e. The van der Waals surface area contributed by atoms with Crippen molar-refractivity contribution >= 4 is 24.0 Å². The predicted molar refractivity (Wildman–Crippen MR) is 82.7 cm³/mol. The van der Waals surface area contributed by atoms with Gasteiger partial charge in [0, 0.05) is 24.2 Å². The van der Waals surface area contributed by atoms with Crippen molar-refractivity contribution in [3.63, 3.8) is 0 Å². The van der Waals surface area contributed by atoms with Gasteiger partial charge < -0.3 is 11.1 Å². The van der Waals surface area contributed by atoms with Crippen LogP contribution >= 0.6 is 12.4 Å². The summed E-state index contributed by atoms with van der Waals surface area (Å²) in [7, 11) is 0. The van der Waals surface area contributed by atoms with E-state index in [-0.39, 0.29) is 24.0 Å². The Bertz CT molecular complexity index is 560. The Morgan fingerprint density at radius 2 is 2.14 bits per heavy atom. The Balaban J connectivity index is 0.00000220. The highest BCUT2D eigenvalue weighted by molar-refractivity contribution is 5.96. The number of nitro groups is 1. The molecule has 1 atom stereocenters. The summed E-state index contributed by atoms with van der Waals surface area (Å²) in [5.74, 6) is 0.201. The Labute approximate surface area is 129 Å². The van der Waals surface area contributed by atoms with Crippen LogP contribution in [0.4, 0.5) is 5.69 Å². The first-order valence-electron chi connectivity index (χ1n) is 6.65. The molecule has 1 aromatic carbocycles. The van der Waals surface area contributed by atoms with Crippen molar-refractivity contribution in [2.75, 3.05) is 6.54 Å². The molecule has 3 N–H and O–H groups in total. The minimum atomic E-state index is -0.469. The zero-order valence-corrected chi connectivity index (χ0v) is 12.9. The Hall–Kier alpha value is -1.66. The van der Waals surface area contributed by atoms with E-state index in [1.54, 1.807) is 6.92 Å². The summed E-state index contributed by atoms with van der Waals surface area (Å²) >= 11 is 0. The van der Waals surface area contributed by atoms with Gasteiger partial charge in [-0.05, 0) is 44.2 Å². The van der Waals surface area contributed by atoms with Crippen LogP contribution in [-0.4, -0.2) is 22.9 Å². The maximum atomic E-state index is 12.3. The molecule has 2 rings (SSSR count). The lowest BCUT2D eigenvalue weighted by atomic mass is 9.95. The maximum absolute atomic E-state index is 12.3. The fourth-order valence-electron chi connectivity index (χ4n) is 2.38. The molecular formula is C14H20ClN3O3. The number of hydrogen-bond acceptors (Lipinski definition) is 4. The summed E-state index contributed by atoms with van der Waals surface area (Å²) in [6, 6.07) is 4.25. The number of rotatable bonds is 5. The lowest BCUT2D eigenvalue weighted by Crippen LogP contribution is -2.53. The number of non-ortho nitro benzene ring substituents is 1. The van der Waals surface area contributed by atoms with Crippen LogP contribution in [0.25, 0.3) is 0 Å². The number of halogens is 1. The molecule has 1 aliphatic carbocycles. The van der Waals surface area contributed by atoms with Crippen molar-refractivity contribution in [1.82, 2.24) is 5.32 Å². The van der Waals surface area contributed by atoms with E-state index in [4.69, 9.17) is 5.73 Å². The van der Waals surface area contributed by atoms with E-state index in [0.29, 0.717) is 23.6 Å². The first-order chi connectivity index (χ1) is 9.37. The van der Waals surface area contributed by atoms with Gasteiger partial charge in [-0.2, -0.15) is 0 Å². The number of aryl methyl sites for hydroxylation is 1. The second-order valence-electron chi connectivity index (χ2n) is 5.61. The summed E-state index contributed by atoms with van der Waals surface area (Å²) in [4.78, 5) is 22.5. The molecule has 21 heavy (non-hydrogen) atoms. The predicted octanol–water partition coefficient (Wildman–Crippen LogP) is 2.18. The van der Waals surface area contributed by atoms with Crippen molar-refractivity contribution < 1.29 is 9.72 Å². The van der Waals surface area contributed by atoms with Gasteiger partial charge in [0.1, 0.15) is 0 Å². The quantitative estimate of drug-likeness (QED) is 0.643. The molecule has 1 fully saturated rings. The Morgan fingerprint density at radius 3 is 2.57 bits per heavy atom. The summed E-state index contributed by atoms with van der Waals surface area (Å²) in [6.45, 7) is 4.03. The zero-order chi connectivity index (χ0) is 14.9. The highest BCUT2D eigenvalue weighted by Gasteiger charge is 2.41. The summed E-state index contributed by atoms with van der Waals surface area (Å²) < 4.78 is 0. The van der Waals surface area contributed by atoms with Gasteiger partial charge in [0.2, 0.25) is 0 Å². The molecule has 1 aromatic rings. The van der Waals surface area contributed by atoms with E-state index in [1.807, 2.05) is 6.92 Å². The van der Waals surface area contributed by atoms with E-state index in [2.05, 4.69) is 5.32 Å². The number of carbonyl (C=O) groups excluding carboxylic acids is 1. The molecule has 1 aliphatic rings. The second-order valence-corrected chi connectivity index (χ2v) is 5.61. The maximum Gasteiger partial charge on any atom is 0.269 e. The molecule has 0 heterocycles. The zero-order valence-electron chi connectivity index (χ0n) is 12.1. The number of nitrogens with one attached hydrogen (secondary N) is 1. The van der Waals surface area contributed by atoms with Gasteiger partial charge >= 0.3 is 0 Å². The third-order valence-electron chi connectivity index (χ3n) is 3.97.